The fourth-order valence-corrected chi connectivity index (χ4v) is 6.50. The highest BCUT2D eigenvalue weighted by atomic mass is 16.8. The van der Waals surface area contributed by atoms with Gasteiger partial charge in [0.2, 0.25) is 0 Å². The molecule has 1 saturated heterocycles. The van der Waals surface area contributed by atoms with E-state index >= 15 is 0 Å². The molecule has 3 rings (SSSR count). The summed E-state index contributed by atoms with van der Waals surface area (Å²) in [6.07, 6.45) is 3.22. The molecule has 3 aliphatic rings. The predicted octanol–water partition coefficient (Wildman–Crippen LogP) is 3.48. The molecule has 3 N–H and O–H groups in total. The van der Waals surface area contributed by atoms with Crippen molar-refractivity contribution in [2.75, 3.05) is 13.2 Å². The van der Waals surface area contributed by atoms with Gasteiger partial charge in [-0.1, -0.05) is 26.8 Å². The molecule has 0 bridgehead atoms. The Kier molecular flexibility index (Phi) is 7.24. The molecule has 7 heteroatoms. The average Bonchev–Trinajstić information content (AvgIpc) is 2.95. The summed E-state index contributed by atoms with van der Waals surface area (Å²) in [5.74, 6) is -0.260. The summed E-state index contributed by atoms with van der Waals surface area (Å²) < 4.78 is 16.8. The highest BCUT2D eigenvalue weighted by Gasteiger charge is 2.60. The zero-order valence-electron chi connectivity index (χ0n) is 19.6. The SMILES string of the molecule is CCOC1OC(OCC)C(O)(CCC2(C)C(C)CCC3(C)C(C(=O)O)=CCCC32)C1O. The molecule has 178 valence electrons. The highest BCUT2D eigenvalue weighted by Crippen LogP contribution is 2.62. The number of carboxylic acids is 1. The van der Waals surface area contributed by atoms with E-state index in [0.29, 0.717) is 37.5 Å². The largest absolute Gasteiger partial charge is 0.478 e. The van der Waals surface area contributed by atoms with Crippen LogP contribution in [0.3, 0.4) is 0 Å². The quantitative estimate of drug-likeness (QED) is 0.531. The van der Waals surface area contributed by atoms with Crippen LogP contribution in [0.4, 0.5) is 0 Å². The Morgan fingerprint density at radius 1 is 1.19 bits per heavy atom. The number of allylic oxidation sites excluding steroid dienone is 1. The normalized spacial score (nSPS) is 45.3. The minimum absolute atomic E-state index is 0.183. The van der Waals surface area contributed by atoms with Gasteiger partial charge >= 0.3 is 5.97 Å². The van der Waals surface area contributed by atoms with E-state index in [9.17, 15) is 20.1 Å². The van der Waals surface area contributed by atoms with Gasteiger partial charge in [0.25, 0.3) is 0 Å². The van der Waals surface area contributed by atoms with E-state index in [1.807, 2.05) is 19.9 Å². The fraction of sp³-hybridized carbons (Fsp3) is 0.875. The Bertz CT molecular complexity index is 693. The van der Waals surface area contributed by atoms with E-state index in [2.05, 4.69) is 20.8 Å². The van der Waals surface area contributed by atoms with Crippen molar-refractivity contribution < 1.29 is 34.3 Å². The van der Waals surface area contributed by atoms with Crippen LogP contribution in [0.5, 0.6) is 0 Å². The number of rotatable bonds is 8. The lowest BCUT2D eigenvalue weighted by Crippen LogP contribution is -2.54. The number of aliphatic carboxylic acids is 1. The van der Waals surface area contributed by atoms with Crippen LogP contribution < -0.4 is 0 Å². The van der Waals surface area contributed by atoms with Crippen molar-refractivity contribution in [3.63, 3.8) is 0 Å². The van der Waals surface area contributed by atoms with Gasteiger partial charge in [0, 0.05) is 24.2 Å². The van der Waals surface area contributed by atoms with Crippen molar-refractivity contribution in [2.24, 2.45) is 22.7 Å². The van der Waals surface area contributed by atoms with Crippen LogP contribution in [0.15, 0.2) is 11.6 Å². The van der Waals surface area contributed by atoms with E-state index in [1.54, 1.807) is 0 Å². The first-order chi connectivity index (χ1) is 14.5. The van der Waals surface area contributed by atoms with Gasteiger partial charge in [-0.2, -0.15) is 0 Å². The molecule has 0 aromatic carbocycles. The van der Waals surface area contributed by atoms with E-state index < -0.39 is 30.3 Å². The fourth-order valence-electron chi connectivity index (χ4n) is 6.50. The smallest absolute Gasteiger partial charge is 0.331 e. The van der Waals surface area contributed by atoms with Gasteiger partial charge in [-0.3, -0.25) is 0 Å². The maximum atomic E-state index is 12.0. The second-order valence-electron chi connectivity index (χ2n) is 10.1. The first-order valence-corrected chi connectivity index (χ1v) is 11.8. The molecule has 31 heavy (non-hydrogen) atoms. The van der Waals surface area contributed by atoms with Crippen molar-refractivity contribution >= 4 is 5.97 Å². The molecule has 0 aromatic rings. The number of hydrogen-bond donors (Lipinski definition) is 3. The molecule has 7 nitrogen and oxygen atoms in total. The summed E-state index contributed by atoms with van der Waals surface area (Å²) in [6.45, 7) is 10.9. The molecule has 2 fully saturated rings. The lowest BCUT2D eigenvalue weighted by molar-refractivity contribution is -0.234. The molecule has 0 amide bonds. The Morgan fingerprint density at radius 3 is 2.48 bits per heavy atom. The molecule has 0 aromatic heterocycles. The van der Waals surface area contributed by atoms with Crippen LogP contribution in [0, 0.1) is 22.7 Å². The third-order valence-electron chi connectivity index (χ3n) is 8.59. The molecule has 0 spiro atoms. The van der Waals surface area contributed by atoms with E-state index in [0.717, 1.165) is 25.7 Å². The maximum Gasteiger partial charge on any atom is 0.331 e. The van der Waals surface area contributed by atoms with Gasteiger partial charge in [-0.25, -0.2) is 4.79 Å². The summed E-state index contributed by atoms with van der Waals surface area (Å²) in [6, 6.07) is 0. The number of ether oxygens (including phenoxy) is 3. The van der Waals surface area contributed by atoms with Crippen LogP contribution in [0.2, 0.25) is 0 Å². The summed E-state index contributed by atoms with van der Waals surface area (Å²) in [5, 5.41) is 32.2. The molecule has 2 aliphatic carbocycles. The second kappa shape index (κ2) is 9.10. The van der Waals surface area contributed by atoms with Crippen molar-refractivity contribution in [3.05, 3.63) is 11.6 Å². The number of aliphatic hydroxyl groups is 2. The van der Waals surface area contributed by atoms with Gasteiger partial charge in [-0.05, 0) is 69.6 Å². The first kappa shape index (κ1) is 24.6. The van der Waals surface area contributed by atoms with E-state index in [-0.39, 0.29) is 16.7 Å². The molecule has 0 radical (unpaired) electrons. The Labute approximate surface area is 185 Å². The minimum atomic E-state index is -1.58. The third kappa shape index (κ3) is 4.08. The number of aliphatic hydroxyl groups excluding tert-OH is 1. The van der Waals surface area contributed by atoms with Gasteiger partial charge in [0.15, 0.2) is 12.6 Å². The zero-order valence-corrected chi connectivity index (χ0v) is 19.6. The maximum absolute atomic E-state index is 12.0. The summed E-state index contributed by atoms with van der Waals surface area (Å²) >= 11 is 0. The van der Waals surface area contributed by atoms with Gasteiger partial charge in [0.05, 0.1) is 0 Å². The lowest BCUT2D eigenvalue weighted by Gasteiger charge is -2.58. The second-order valence-corrected chi connectivity index (χ2v) is 10.1. The number of carbonyl (C=O) groups is 1. The Morgan fingerprint density at radius 2 is 1.87 bits per heavy atom. The van der Waals surface area contributed by atoms with Crippen LogP contribution >= 0.6 is 0 Å². The van der Waals surface area contributed by atoms with Crippen LogP contribution in [-0.2, 0) is 19.0 Å². The number of fused-ring (bicyclic) bond motifs is 1. The molecule has 1 heterocycles. The van der Waals surface area contributed by atoms with Crippen molar-refractivity contribution in [1.29, 1.82) is 0 Å². The zero-order chi connectivity index (χ0) is 23.0. The van der Waals surface area contributed by atoms with Gasteiger partial charge < -0.3 is 29.5 Å². The molecule has 8 unspecified atom stereocenters. The molecular weight excluding hydrogens is 400 g/mol. The van der Waals surface area contributed by atoms with Crippen molar-refractivity contribution in [3.8, 4) is 0 Å². The standard InChI is InChI=1S/C24H40O7/c1-6-29-20-18(25)24(28,21(31-20)30-7-2)14-13-22(4)15(3)11-12-23(5)16(19(26)27)9-8-10-17(22)23/h9,15,17-18,20-21,25,28H,6-8,10-14H2,1-5H3,(H,26,27). The van der Waals surface area contributed by atoms with Gasteiger partial charge in [0.1, 0.15) is 11.7 Å². The molecule has 1 saturated carbocycles. The van der Waals surface area contributed by atoms with Crippen LogP contribution in [0.25, 0.3) is 0 Å². The molecule has 1 aliphatic heterocycles. The van der Waals surface area contributed by atoms with E-state index in [4.69, 9.17) is 14.2 Å². The van der Waals surface area contributed by atoms with Crippen LogP contribution in [0.1, 0.15) is 73.1 Å². The summed E-state index contributed by atoms with van der Waals surface area (Å²) in [7, 11) is 0. The lowest BCUT2D eigenvalue weighted by atomic mass is 9.46. The number of hydrogen-bond acceptors (Lipinski definition) is 6. The topological polar surface area (TPSA) is 105 Å². The van der Waals surface area contributed by atoms with E-state index in [1.165, 1.54) is 0 Å². The number of carboxylic acid groups (broad SMARTS) is 1. The van der Waals surface area contributed by atoms with Crippen LogP contribution in [-0.4, -0.2) is 58.8 Å². The molecular formula is C24H40O7. The predicted molar refractivity (Wildman–Crippen MR) is 115 cm³/mol. The third-order valence-corrected chi connectivity index (χ3v) is 8.59. The average molecular weight is 441 g/mol. The monoisotopic (exact) mass is 440 g/mol. The van der Waals surface area contributed by atoms with Crippen molar-refractivity contribution in [2.45, 2.75) is 97.4 Å². The summed E-state index contributed by atoms with van der Waals surface area (Å²) in [4.78, 5) is 12.0. The Hall–Kier alpha value is -0.990. The van der Waals surface area contributed by atoms with Gasteiger partial charge in [-0.15, -0.1) is 0 Å². The molecule has 8 atom stereocenters. The Balaban J connectivity index is 1.86. The first-order valence-electron chi connectivity index (χ1n) is 11.8. The highest BCUT2D eigenvalue weighted by molar-refractivity contribution is 5.88. The minimum Gasteiger partial charge on any atom is -0.478 e. The summed E-state index contributed by atoms with van der Waals surface area (Å²) in [5.41, 5.74) is -1.61. The van der Waals surface area contributed by atoms with Crippen molar-refractivity contribution in [1.82, 2.24) is 0 Å².